The number of rotatable bonds is 8. The van der Waals surface area contributed by atoms with Gasteiger partial charge in [-0.05, 0) is 13.8 Å². The van der Waals surface area contributed by atoms with E-state index in [4.69, 9.17) is 10.2 Å². The molecule has 2 unspecified atom stereocenters. The molecule has 100 valence electrons. The first-order valence-corrected chi connectivity index (χ1v) is 5.46. The zero-order valence-electron chi connectivity index (χ0n) is 10.0. The maximum Gasteiger partial charge on any atom is 0.126 e. The Bertz CT molecular complexity index is 153. The van der Waals surface area contributed by atoms with Gasteiger partial charge in [0.05, 0.1) is 26.3 Å². The van der Waals surface area contributed by atoms with E-state index in [1.165, 1.54) is 0 Å². The minimum Gasteiger partial charge on any atom is -1.00 e. The van der Waals surface area contributed by atoms with E-state index in [2.05, 4.69) is 0 Å². The molecule has 0 heterocycles. The Balaban J connectivity index is 0. The highest BCUT2D eigenvalue weighted by Gasteiger charge is 2.29. The molecule has 4 N–H and O–H groups in total. The van der Waals surface area contributed by atoms with Crippen LogP contribution in [0.2, 0.25) is 0 Å². The number of likely N-dealkylation sites (N-methyl/N-ethyl adjacent to an activating group) is 1. The number of hydrogen-bond donors (Lipinski definition) is 4. The summed E-state index contributed by atoms with van der Waals surface area (Å²) in [5, 5.41) is 36.5. The largest absolute Gasteiger partial charge is 1.00 e. The number of aliphatic hydroxyl groups excluding tert-OH is 4. The summed E-state index contributed by atoms with van der Waals surface area (Å²) in [6, 6.07) is 0. The van der Waals surface area contributed by atoms with Gasteiger partial charge in [0.15, 0.2) is 0 Å². The fourth-order valence-electron chi connectivity index (χ4n) is 1.82. The fourth-order valence-corrected chi connectivity index (χ4v) is 1.82. The number of halogens is 1. The highest BCUT2D eigenvalue weighted by molar-refractivity contribution is 4.57. The van der Waals surface area contributed by atoms with Gasteiger partial charge in [0.25, 0.3) is 0 Å². The lowest BCUT2D eigenvalue weighted by Crippen LogP contribution is -3.00. The maximum absolute atomic E-state index is 9.43. The van der Waals surface area contributed by atoms with Crippen LogP contribution in [0.3, 0.4) is 0 Å². The van der Waals surface area contributed by atoms with Gasteiger partial charge in [0.2, 0.25) is 0 Å². The topological polar surface area (TPSA) is 80.9 Å². The molecule has 0 saturated heterocycles. The third kappa shape index (κ3) is 6.12. The Morgan fingerprint density at radius 1 is 0.875 bits per heavy atom. The molecule has 0 aliphatic carbocycles. The lowest BCUT2D eigenvalue weighted by Gasteiger charge is -2.39. The van der Waals surface area contributed by atoms with Crippen molar-refractivity contribution in [2.75, 3.05) is 39.4 Å². The molecule has 0 spiro atoms. The summed E-state index contributed by atoms with van der Waals surface area (Å²) in [6.07, 6.45) is -1.54. The van der Waals surface area contributed by atoms with Crippen LogP contribution in [0.25, 0.3) is 0 Å². The second-order valence-electron chi connectivity index (χ2n) is 4.01. The molecule has 6 heteroatoms. The molecule has 0 rings (SSSR count). The summed E-state index contributed by atoms with van der Waals surface area (Å²) < 4.78 is 0.503. The minimum absolute atomic E-state index is 0. The summed E-state index contributed by atoms with van der Waals surface area (Å²) in [4.78, 5) is 0. The highest BCUT2D eigenvalue weighted by Crippen LogP contribution is 2.09. The smallest absolute Gasteiger partial charge is 0.126 e. The van der Waals surface area contributed by atoms with Crippen molar-refractivity contribution in [2.24, 2.45) is 0 Å². The Morgan fingerprint density at radius 3 is 1.38 bits per heavy atom. The molecule has 0 saturated carbocycles. The van der Waals surface area contributed by atoms with Gasteiger partial charge >= 0.3 is 0 Å². The third-order valence-corrected chi connectivity index (χ3v) is 2.96. The monoisotopic (exact) mass is 301 g/mol. The molecule has 0 aliphatic heterocycles. The SMILES string of the molecule is CC[N+](CC)(CC(O)CO)CC(O)CO.[Br-]. The van der Waals surface area contributed by atoms with Crippen LogP contribution in [0.4, 0.5) is 0 Å². The average molecular weight is 302 g/mol. The van der Waals surface area contributed by atoms with E-state index >= 15 is 0 Å². The molecular weight excluding hydrogens is 278 g/mol. The van der Waals surface area contributed by atoms with Crippen molar-refractivity contribution in [3.63, 3.8) is 0 Å². The summed E-state index contributed by atoms with van der Waals surface area (Å²) in [6.45, 7) is 5.72. The summed E-state index contributed by atoms with van der Waals surface area (Å²) in [5.41, 5.74) is 0. The van der Waals surface area contributed by atoms with Gasteiger partial charge in [0, 0.05) is 0 Å². The van der Waals surface area contributed by atoms with Gasteiger partial charge in [-0.25, -0.2) is 0 Å². The van der Waals surface area contributed by atoms with E-state index in [1.807, 2.05) is 13.8 Å². The predicted molar refractivity (Wildman–Crippen MR) is 57.3 cm³/mol. The molecule has 0 aromatic carbocycles. The van der Waals surface area contributed by atoms with E-state index < -0.39 is 12.2 Å². The predicted octanol–water partition coefficient (Wildman–Crippen LogP) is -4.45. The van der Waals surface area contributed by atoms with Gasteiger partial charge in [-0.3, -0.25) is 0 Å². The first-order valence-electron chi connectivity index (χ1n) is 5.46. The first kappa shape index (κ1) is 18.6. The van der Waals surface area contributed by atoms with E-state index in [0.717, 1.165) is 13.1 Å². The summed E-state index contributed by atoms with van der Waals surface area (Å²) in [5.74, 6) is 0. The average Bonchev–Trinajstić information content (AvgIpc) is 2.27. The molecule has 0 aromatic heterocycles. The van der Waals surface area contributed by atoms with E-state index in [-0.39, 0.29) is 30.2 Å². The Morgan fingerprint density at radius 2 is 1.19 bits per heavy atom. The fraction of sp³-hybridized carbons (Fsp3) is 1.00. The molecule has 0 aromatic rings. The van der Waals surface area contributed by atoms with Crippen molar-refractivity contribution < 1.29 is 41.9 Å². The van der Waals surface area contributed by atoms with Crippen molar-refractivity contribution in [3.05, 3.63) is 0 Å². The van der Waals surface area contributed by atoms with Crippen molar-refractivity contribution in [1.82, 2.24) is 0 Å². The molecule has 16 heavy (non-hydrogen) atoms. The van der Waals surface area contributed by atoms with Crippen LogP contribution in [0.15, 0.2) is 0 Å². The van der Waals surface area contributed by atoms with Crippen LogP contribution in [-0.2, 0) is 0 Å². The lowest BCUT2D eigenvalue weighted by molar-refractivity contribution is -0.930. The van der Waals surface area contributed by atoms with Gasteiger partial charge in [-0.2, -0.15) is 0 Å². The van der Waals surface area contributed by atoms with Gasteiger partial charge in [-0.15, -0.1) is 0 Å². The quantitative estimate of drug-likeness (QED) is 0.341. The Kier molecular flexibility index (Phi) is 10.9. The minimum atomic E-state index is -0.768. The Hall–Kier alpha value is 0.280. The maximum atomic E-state index is 9.43. The molecule has 0 radical (unpaired) electrons. The van der Waals surface area contributed by atoms with E-state index in [9.17, 15) is 10.2 Å². The van der Waals surface area contributed by atoms with E-state index in [1.54, 1.807) is 0 Å². The van der Waals surface area contributed by atoms with Crippen molar-refractivity contribution in [1.29, 1.82) is 0 Å². The van der Waals surface area contributed by atoms with Gasteiger partial charge in [-0.1, -0.05) is 0 Å². The standard InChI is InChI=1S/C10H24NO4.BrH/c1-3-11(4-2,5-9(14)7-12)6-10(15)8-13;/h9-10,12-15H,3-8H2,1-2H3;1H/q+1;/p-1. The van der Waals surface area contributed by atoms with Gasteiger partial charge < -0.3 is 41.9 Å². The second-order valence-corrected chi connectivity index (χ2v) is 4.01. The molecule has 5 nitrogen and oxygen atoms in total. The third-order valence-electron chi connectivity index (χ3n) is 2.96. The molecule has 0 amide bonds. The number of hydrogen-bond acceptors (Lipinski definition) is 4. The van der Waals surface area contributed by atoms with Crippen LogP contribution >= 0.6 is 0 Å². The van der Waals surface area contributed by atoms with Crippen LogP contribution in [-0.4, -0.2) is 76.5 Å². The summed E-state index contributed by atoms with van der Waals surface area (Å²) >= 11 is 0. The van der Waals surface area contributed by atoms with Crippen LogP contribution in [0.5, 0.6) is 0 Å². The number of nitrogens with zero attached hydrogens (tertiary/aromatic N) is 1. The van der Waals surface area contributed by atoms with E-state index in [0.29, 0.717) is 17.6 Å². The highest BCUT2D eigenvalue weighted by atomic mass is 79.9. The molecule has 0 bridgehead atoms. The van der Waals surface area contributed by atoms with Gasteiger partial charge in [0.1, 0.15) is 25.3 Å². The van der Waals surface area contributed by atoms with Crippen LogP contribution in [0.1, 0.15) is 13.8 Å². The van der Waals surface area contributed by atoms with Crippen molar-refractivity contribution >= 4 is 0 Å². The second kappa shape index (κ2) is 9.32. The summed E-state index contributed by atoms with van der Waals surface area (Å²) in [7, 11) is 0. The Labute approximate surface area is 108 Å². The number of quaternary nitrogens is 1. The first-order chi connectivity index (χ1) is 7.03. The van der Waals surface area contributed by atoms with Crippen LogP contribution < -0.4 is 17.0 Å². The normalized spacial score (nSPS) is 15.4. The van der Waals surface area contributed by atoms with Crippen molar-refractivity contribution in [3.8, 4) is 0 Å². The molecule has 0 aliphatic rings. The molecular formula is C10H24BrNO4. The lowest BCUT2D eigenvalue weighted by atomic mass is 10.2. The van der Waals surface area contributed by atoms with Crippen molar-refractivity contribution in [2.45, 2.75) is 26.1 Å². The zero-order chi connectivity index (χ0) is 11.9. The van der Waals surface area contributed by atoms with Crippen LogP contribution in [0, 0.1) is 0 Å². The molecule has 0 fully saturated rings. The molecule has 2 atom stereocenters. The number of aliphatic hydroxyl groups is 4. The zero-order valence-corrected chi connectivity index (χ0v) is 11.6.